The van der Waals surface area contributed by atoms with E-state index in [1.807, 2.05) is 0 Å². The maximum absolute atomic E-state index is 11.3. The number of carbonyl (C=O) groups is 2. The second-order valence-electron chi connectivity index (χ2n) is 5.03. The monoisotopic (exact) mass is 314 g/mol. The molecule has 0 aromatic heterocycles. The zero-order chi connectivity index (χ0) is 16.7. The first-order valence-corrected chi connectivity index (χ1v) is 6.93. The summed E-state index contributed by atoms with van der Waals surface area (Å²) in [7, 11) is 1.41. The number of carbonyl (C=O) groups excluding carboxylic acids is 2. The molecular formula is C15H22O7. The fourth-order valence-corrected chi connectivity index (χ4v) is 2.37. The van der Waals surface area contributed by atoms with Gasteiger partial charge in [-0.3, -0.25) is 4.79 Å². The van der Waals surface area contributed by atoms with Crippen LogP contribution in [0, 0.1) is 5.92 Å². The maximum atomic E-state index is 11.3. The molecule has 0 aliphatic heterocycles. The average molecular weight is 314 g/mol. The van der Waals surface area contributed by atoms with Crippen LogP contribution in [0.5, 0.6) is 0 Å². The molecule has 0 spiro atoms. The number of aliphatic hydroxyl groups excluding tert-OH is 2. The van der Waals surface area contributed by atoms with Gasteiger partial charge < -0.3 is 24.4 Å². The molecule has 7 nitrogen and oxygen atoms in total. The molecule has 0 bridgehead atoms. The number of rotatable bonds is 7. The van der Waals surface area contributed by atoms with Crippen LogP contribution in [0.3, 0.4) is 0 Å². The molecule has 1 saturated carbocycles. The van der Waals surface area contributed by atoms with E-state index in [4.69, 9.17) is 14.2 Å². The minimum absolute atomic E-state index is 0.0626. The van der Waals surface area contributed by atoms with Gasteiger partial charge >= 0.3 is 11.9 Å². The van der Waals surface area contributed by atoms with Crippen molar-refractivity contribution in [2.24, 2.45) is 5.92 Å². The number of hydrogen-bond donors (Lipinski definition) is 2. The van der Waals surface area contributed by atoms with Crippen LogP contribution >= 0.6 is 0 Å². The molecule has 0 aromatic carbocycles. The third kappa shape index (κ3) is 4.66. The Morgan fingerprint density at radius 2 is 1.95 bits per heavy atom. The standard InChI is InChI=1S/C15H22O7/c1-4-6-12(17)21-8-9-7-10(20-3)15(14(19)13(9)18)22-11(16)5-2/h4-5,9-10,13-15,18-19H,1-2,6-8H2,3H3/t9-,10+,13+,14+,15+/m1/s1. The summed E-state index contributed by atoms with van der Waals surface area (Å²) in [6.07, 6.45) is -1.46. The van der Waals surface area contributed by atoms with E-state index in [-0.39, 0.29) is 19.4 Å². The molecular weight excluding hydrogens is 292 g/mol. The molecule has 7 heteroatoms. The van der Waals surface area contributed by atoms with Crippen LogP contribution in [0.1, 0.15) is 12.8 Å². The second-order valence-corrected chi connectivity index (χ2v) is 5.03. The Morgan fingerprint density at radius 3 is 2.50 bits per heavy atom. The van der Waals surface area contributed by atoms with Crippen molar-refractivity contribution in [3.05, 3.63) is 25.3 Å². The summed E-state index contributed by atoms with van der Waals surface area (Å²) in [5, 5.41) is 20.2. The van der Waals surface area contributed by atoms with Gasteiger partial charge in [-0.15, -0.1) is 6.58 Å². The molecule has 22 heavy (non-hydrogen) atoms. The summed E-state index contributed by atoms with van der Waals surface area (Å²) in [5.74, 6) is -1.70. The highest BCUT2D eigenvalue weighted by Crippen LogP contribution is 2.30. The van der Waals surface area contributed by atoms with E-state index in [1.54, 1.807) is 0 Å². The molecule has 0 heterocycles. The van der Waals surface area contributed by atoms with Crippen LogP contribution < -0.4 is 0 Å². The average Bonchev–Trinajstić information content (AvgIpc) is 2.51. The summed E-state index contributed by atoms with van der Waals surface area (Å²) >= 11 is 0. The van der Waals surface area contributed by atoms with Crippen molar-refractivity contribution in [3.63, 3.8) is 0 Å². The highest BCUT2D eigenvalue weighted by molar-refractivity contribution is 5.81. The third-order valence-electron chi connectivity index (χ3n) is 3.56. The number of hydrogen-bond acceptors (Lipinski definition) is 7. The first kappa shape index (κ1) is 18.3. The number of esters is 2. The van der Waals surface area contributed by atoms with E-state index in [0.29, 0.717) is 0 Å². The molecule has 0 unspecified atom stereocenters. The van der Waals surface area contributed by atoms with Crippen LogP contribution in [0.15, 0.2) is 25.3 Å². The summed E-state index contributed by atoms with van der Waals surface area (Å²) in [5.41, 5.74) is 0. The molecule has 0 radical (unpaired) electrons. The van der Waals surface area contributed by atoms with Gasteiger partial charge in [-0.1, -0.05) is 12.7 Å². The predicted molar refractivity (Wildman–Crippen MR) is 76.8 cm³/mol. The van der Waals surface area contributed by atoms with Gasteiger partial charge in [-0.2, -0.15) is 0 Å². The molecule has 0 amide bonds. The summed E-state index contributed by atoms with van der Waals surface area (Å²) < 4.78 is 15.2. The third-order valence-corrected chi connectivity index (χ3v) is 3.56. The fraction of sp³-hybridized carbons (Fsp3) is 0.600. The van der Waals surface area contributed by atoms with Gasteiger partial charge in [0.2, 0.25) is 0 Å². The zero-order valence-corrected chi connectivity index (χ0v) is 12.5. The Kier molecular flexibility index (Phi) is 7.23. The topological polar surface area (TPSA) is 102 Å². The highest BCUT2D eigenvalue weighted by atomic mass is 16.6. The Balaban J connectivity index is 2.70. The Hall–Kier alpha value is -1.70. The lowest BCUT2D eigenvalue weighted by Crippen LogP contribution is -2.56. The van der Waals surface area contributed by atoms with Crippen molar-refractivity contribution in [2.45, 2.75) is 37.3 Å². The van der Waals surface area contributed by atoms with Crippen molar-refractivity contribution in [3.8, 4) is 0 Å². The molecule has 1 aliphatic carbocycles. The van der Waals surface area contributed by atoms with Gasteiger partial charge in [0.25, 0.3) is 0 Å². The lowest BCUT2D eigenvalue weighted by atomic mass is 9.81. The fourth-order valence-electron chi connectivity index (χ4n) is 2.37. The van der Waals surface area contributed by atoms with Gasteiger partial charge in [0, 0.05) is 19.1 Å². The van der Waals surface area contributed by atoms with Gasteiger partial charge in [-0.25, -0.2) is 4.79 Å². The lowest BCUT2D eigenvalue weighted by molar-refractivity contribution is -0.196. The van der Waals surface area contributed by atoms with Gasteiger partial charge in [-0.05, 0) is 6.42 Å². The number of ether oxygens (including phenoxy) is 3. The van der Waals surface area contributed by atoms with E-state index >= 15 is 0 Å². The Morgan fingerprint density at radius 1 is 1.27 bits per heavy atom. The smallest absolute Gasteiger partial charge is 0.330 e. The maximum Gasteiger partial charge on any atom is 0.330 e. The molecule has 2 N–H and O–H groups in total. The van der Waals surface area contributed by atoms with E-state index < -0.39 is 42.3 Å². The molecule has 5 atom stereocenters. The van der Waals surface area contributed by atoms with E-state index in [0.717, 1.165) is 6.08 Å². The first-order valence-electron chi connectivity index (χ1n) is 6.93. The first-order chi connectivity index (χ1) is 10.4. The zero-order valence-electron chi connectivity index (χ0n) is 12.5. The quantitative estimate of drug-likeness (QED) is 0.386. The predicted octanol–water partition coefficient (Wildman–Crippen LogP) is -0.0398. The largest absolute Gasteiger partial charge is 0.465 e. The summed E-state index contributed by atoms with van der Waals surface area (Å²) in [4.78, 5) is 22.6. The van der Waals surface area contributed by atoms with Crippen LogP contribution in [-0.4, -0.2) is 60.3 Å². The minimum atomic E-state index is -1.34. The molecule has 0 saturated heterocycles. The molecule has 124 valence electrons. The van der Waals surface area contributed by atoms with Crippen LogP contribution in [0.4, 0.5) is 0 Å². The summed E-state index contributed by atoms with van der Waals surface area (Å²) in [6, 6.07) is 0. The molecule has 0 aromatic rings. The van der Waals surface area contributed by atoms with Crippen molar-refractivity contribution in [1.82, 2.24) is 0 Å². The van der Waals surface area contributed by atoms with Crippen molar-refractivity contribution >= 4 is 11.9 Å². The van der Waals surface area contributed by atoms with Crippen LogP contribution in [0.2, 0.25) is 0 Å². The SMILES string of the molecule is C=CCC(=O)OC[C@H]1C[C@H](OC)[C@H](OC(=O)C=C)[C@@H](O)[C@H]1O. The second kappa shape index (κ2) is 8.67. The van der Waals surface area contributed by atoms with E-state index in [1.165, 1.54) is 13.2 Å². The van der Waals surface area contributed by atoms with Crippen LogP contribution in [-0.2, 0) is 23.8 Å². The van der Waals surface area contributed by atoms with Gasteiger partial charge in [0.15, 0.2) is 6.10 Å². The van der Waals surface area contributed by atoms with Crippen molar-refractivity contribution in [2.75, 3.05) is 13.7 Å². The molecule has 1 fully saturated rings. The van der Waals surface area contributed by atoms with Crippen LogP contribution in [0.25, 0.3) is 0 Å². The van der Waals surface area contributed by atoms with Gasteiger partial charge in [0.1, 0.15) is 6.10 Å². The van der Waals surface area contributed by atoms with E-state index in [9.17, 15) is 19.8 Å². The number of methoxy groups -OCH3 is 1. The highest BCUT2D eigenvalue weighted by Gasteiger charge is 2.46. The Bertz CT molecular complexity index is 418. The minimum Gasteiger partial charge on any atom is -0.465 e. The molecule has 1 rings (SSSR count). The Labute approximate surface area is 129 Å². The normalized spacial score (nSPS) is 31.1. The van der Waals surface area contributed by atoms with Crippen molar-refractivity contribution < 1.29 is 34.0 Å². The summed E-state index contributed by atoms with van der Waals surface area (Å²) in [6.45, 7) is 6.64. The van der Waals surface area contributed by atoms with E-state index in [2.05, 4.69) is 13.2 Å². The van der Waals surface area contributed by atoms with Gasteiger partial charge in [0.05, 0.1) is 25.2 Å². The number of aliphatic hydroxyl groups is 2. The molecule has 1 aliphatic rings. The van der Waals surface area contributed by atoms with Crippen molar-refractivity contribution in [1.29, 1.82) is 0 Å². The lowest BCUT2D eigenvalue weighted by Gasteiger charge is -2.41.